The van der Waals surface area contributed by atoms with Crippen LogP contribution in [-0.2, 0) is 6.54 Å². The molecule has 124 valence electrons. The van der Waals surface area contributed by atoms with E-state index < -0.39 is 0 Å². The molecule has 6 heteroatoms. The predicted molar refractivity (Wildman–Crippen MR) is 85.8 cm³/mol. The van der Waals surface area contributed by atoms with E-state index in [0.29, 0.717) is 18.0 Å². The van der Waals surface area contributed by atoms with Crippen LogP contribution >= 0.6 is 0 Å². The minimum absolute atomic E-state index is 0.0458. The van der Waals surface area contributed by atoms with Gasteiger partial charge in [-0.3, -0.25) is 9.48 Å². The zero-order valence-electron chi connectivity index (χ0n) is 13.7. The van der Waals surface area contributed by atoms with E-state index >= 15 is 0 Å². The average molecular weight is 308 g/mol. The standard InChI is InChI=1S/C16H28N4O2/c1-3-7-20-11-15(13(2)18-20)16(22)17-6-9-19-8-4-5-14(10-19)12-21/h11,14,21H,3-10,12H2,1-2H3,(H,17,22)/t14-/m0/s1. The number of rotatable bonds is 7. The topological polar surface area (TPSA) is 70.4 Å². The predicted octanol–water partition coefficient (Wildman–Crippen LogP) is 1.04. The van der Waals surface area contributed by atoms with Crippen molar-refractivity contribution in [3.8, 4) is 0 Å². The smallest absolute Gasteiger partial charge is 0.254 e. The molecular formula is C16H28N4O2. The van der Waals surface area contributed by atoms with Crippen molar-refractivity contribution in [2.24, 2.45) is 5.92 Å². The number of carbonyl (C=O) groups is 1. The molecule has 0 aliphatic carbocycles. The molecule has 22 heavy (non-hydrogen) atoms. The van der Waals surface area contributed by atoms with Crippen LogP contribution in [0.15, 0.2) is 6.20 Å². The lowest BCUT2D eigenvalue weighted by atomic mass is 9.99. The van der Waals surface area contributed by atoms with Crippen LogP contribution in [0.25, 0.3) is 0 Å². The Kier molecular flexibility index (Phi) is 6.39. The molecule has 2 rings (SSSR count). The normalized spacial score (nSPS) is 19.3. The number of aliphatic hydroxyl groups is 1. The van der Waals surface area contributed by atoms with Crippen LogP contribution in [0.3, 0.4) is 0 Å². The molecule has 2 N–H and O–H groups in total. The van der Waals surface area contributed by atoms with Crippen molar-refractivity contribution < 1.29 is 9.90 Å². The van der Waals surface area contributed by atoms with Gasteiger partial charge in [-0.25, -0.2) is 0 Å². The third-order valence-corrected chi connectivity index (χ3v) is 4.22. The molecule has 1 atom stereocenters. The number of piperidine rings is 1. The van der Waals surface area contributed by atoms with Crippen molar-refractivity contribution in [3.05, 3.63) is 17.5 Å². The third kappa shape index (κ3) is 4.55. The number of aromatic nitrogens is 2. The number of amides is 1. The van der Waals surface area contributed by atoms with E-state index in [2.05, 4.69) is 22.2 Å². The molecular weight excluding hydrogens is 280 g/mol. The minimum Gasteiger partial charge on any atom is -0.396 e. The summed E-state index contributed by atoms with van der Waals surface area (Å²) in [5.41, 5.74) is 1.45. The van der Waals surface area contributed by atoms with Gasteiger partial charge in [0.25, 0.3) is 5.91 Å². The Hall–Kier alpha value is -1.40. The van der Waals surface area contributed by atoms with Gasteiger partial charge >= 0.3 is 0 Å². The first-order valence-corrected chi connectivity index (χ1v) is 8.29. The maximum Gasteiger partial charge on any atom is 0.254 e. The number of nitrogens with zero attached hydrogens (tertiary/aromatic N) is 3. The molecule has 0 aromatic carbocycles. The van der Waals surface area contributed by atoms with E-state index in [0.717, 1.165) is 51.1 Å². The Balaban J connectivity index is 1.78. The molecule has 6 nitrogen and oxygen atoms in total. The molecule has 1 aromatic heterocycles. The number of nitrogens with one attached hydrogen (secondary N) is 1. The number of carbonyl (C=O) groups excluding carboxylic acids is 1. The van der Waals surface area contributed by atoms with Crippen LogP contribution < -0.4 is 5.32 Å². The number of likely N-dealkylation sites (tertiary alicyclic amines) is 1. The molecule has 1 aliphatic heterocycles. The van der Waals surface area contributed by atoms with Crippen LogP contribution in [0.2, 0.25) is 0 Å². The monoisotopic (exact) mass is 308 g/mol. The molecule has 0 unspecified atom stereocenters. The van der Waals surface area contributed by atoms with Crippen LogP contribution in [-0.4, -0.2) is 58.5 Å². The number of hydrogen-bond acceptors (Lipinski definition) is 4. The summed E-state index contributed by atoms with van der Waals surface area (Å²) in [6.07, 6.45) is 5.07. The van der Waals surface area contributed by atoms with E-state index in [4.69, 9.17) is 0 Å². The molecule has 0 saturated carbocycles. The van der Waals surface area contributed by atoms with Gasteiger partial charge < -0.3 is 15.3 Å². The van der Waals surface area contributed by atoms with E-state index in [-0.39, 0.29) is 12.5 Å². The van der Waals surface area contributed by atoms with Crippen molar-refractivity contribution >= 4 is 5.91 Å². The number of aliphatic hydroxyl groups excluding tert-OH is 1. The number of hydrogen-bond donors (Lipinski definition) is 2. The summed E-state index contributed by atoms with van der Waals surface area (Å²) < 4.78 is 1.83. The SMILES string of the molecule is CCCn1cc(C(=O)NCCN2CCC[C@H](CO)C2)c(C)n1. The van der Waals surface area contributed by atoms with Gasteiger partial charge in [0.05, 0.1) is 11.3 Å². The fourth-order valence-electron chi connectivity index (χ4n) is 3.01. The first-order chi connectivity index (χ1) is 10.6. The first kappa shape index (κ1) is 17.0. The van der Waals surface area contributed by atoms with Gasteiger partial charge in [0.15, 0.2) is 0 Å². The lowest BCUT2D eigenvalue weighted by Crippen LogP contribution is -2.41. The minimum atomic E-state index is -0.0458. The second-order valence-corrected chi connectivity index (χ2v) is 6.14. The summed E-state index contributed by atoms with van der Waals surface area (Å²) in [4.78, 5) is 14.5. The zero-order valence-corrected chi connectivity index (χ0v) is 13.7. The Morgan fingerprint density at radius 1 is 1.50 bits per heavy atom. The fourth-order valence-corrected chi connectivity index (χ4v) is 3.01. The molecule has 1 amide bonds. The van der Waals surface area contributed by atoms with Crippen LogP contribution in [0, 0.1) is 12.8 Å². The Morgan fingerprint density at radius 2 is 2.32 bits per heavy atom. The molecule has 1 saturated heterocycles. The second-order valence-electron chi connectivity index (χ2n) is 6.14. The maximum atomic E-state index is 12.2. The van der Waals surface area contributed by atoms with Crippen molar-refractivity contribution in [2.45, 2.75) is 39.7 Å². The summed E-state index contributed by atoms with van der Waals surface area (Å²) in [7, 11) is 0. The third-order valence-electron chi connectivity index (χ3n) is 4.22. The van der Waals surface area contributed by atoms with Crippen molar-refractivity contribution in [2.75, 3.05) is 32.8 Å². The highest BCUT2D eigenvalue weighted by Crippen LogP contribution is 2.15. The quantitative estimate of drug-likeness (QED) is 0.789. The molecule has 2 heterocycles. The lowest BCUT2D eigenvalue weighted by Gasteiger charge is -2.31. The Morgan fingerprint density at radius 3 is 3.05 bits per heavy atom. The summed E-state index contributed by atoms with van der Waals surface area (Å²) in [5, 5.41) is 16.6. The van der Waals surface area contributed by atoms with Crippen LogP contribution in [0.5, 0.6) is 0 Å². The van der Waals surface area contributed by atoms with Gasteiger partial charge in [-0.05, 0) is 38.6 Å². The first-order valence-electron chi connectivity index (χ1n) is 8.29. The second kappa shape index (κ2) is 8.29. The van der Waals surface area contributed by atoms with E-state index in [1.807, 2.05) is 17.8 Å². The van der Waals surface area contributed by atoms with Crippen molar-refractivity contribution in [1.29, 1.82) is 0 Å². The molecule has 1 fully saturated rings. The maximum absolute atomic E-state index is 12.2. The lowest BCUT2D eigenvalue weighted by molar-refractivity contribution is 0.0930. The largest absolute Gasteiger partial charge is 0.396 e. The summed E-state index contributed by atoms with van der Waals surface area (Å²) >= 11 is 0. The van der Waals surface area contributed by atoms with Gasteiger partial charge in [0.2, 0.25) is 0 Å². The fraction of sp³-hybridized carbons (Fsp3) is 0.750. The molecule has 0 radical (unpaired) electrons. The van der Waals surface area contributed by atoms with Gasteiger partial charge in [-0.1, -0.05) is 6.92 Å². The molecule has 0 spiro atoms. The van der Waals surface area contributed by atoms with Crippen molar-refractivity contribution in [3.63, 3.8) is 0 Å². The number of aryl methyl sites for hydroxylation is 2. The van der Waals surface area contributed by atoms with E-state index in [9.17, 15) is 9.90 Å². The highest BCUT2D eigenvalue weighted by atomic mass is 16.3. The zero-order chi connectivity index (χ0) is 15.9. The van der Waals surface area contributed by atoms with Crippen molar-refractivity contribution in [1.82, 2.24) is 20.0 Å². The summed E-state index contributed by atoms with van der Waals surface area (Å²) in [6.45, 7) is 8.52. The highest BCUT2D eigenvalue weighted by molar-refractivity contribution is 5.94. The Labute approximate surface area is 132 Å². The molecule has 1 aromatic rings. The van der Waals surface area contributed by atoms with E-state index in [1.165, 1.54) is 0 Å². The van der Waals surface area contributed by atoms with Gasteiger partial charge in [-0.15, -0.1) is 0 Å². The average Bonchev–Trinajstić information content (AvgIpc) is 2.88. The molecule has 0 bridgehead atoms. The van der Waals surface area contributed by atoms with E-state index in [1.54, 1.807) is 0 Å². The molecule has 1 aliphatic rings. The van der Waals surface area contributed by atoms with Crippen LogP contribution in [0.1, 0.15) is 42.2 Å². The highest BCUT2D eigenvalue weighted by Gasteiger charge is 2.19. The Bertz CT molecular complexity index is 486. The van der Waals surface area contributed by atoms with Gasteiger partial charge in [0.1, 0.15) is 0 Å². The summed E-state index contributed by atoms with van der Waals surface area (Å²) in [5.74, 6) is 0.342. The van der Waals surface area contributed by atoms with Crippen LogP contribution in [0.4, 0.5) is 0 Å². The van der Waals surface area contributed by atoms with Gasteiger partial charge in [0, 0.05) is 39.0 Å². The van der Waals surface area contributed by atoms with Gasteiger partial charge in [-0.2, -0.15) is 5.10 Å². The summed E-state index contributed by atoms with van der Waals surface area (Å²) in [6, 6.07) is 0.